The van der Waals surface area contributed by atoms with Gasteiger partial charge >= 0.3 is 29.6 Å². The van der Waals surface area contributed by atoms with Crippen molar-refractivity contribution in [3.8, 4) is 0 Å². The van der Waals surface area contributed by atoms with E-state index in [2.05, 4.69) is 43.3 Å². The number of benzene rings is 1. The Morgan fingerprint density at radius 3 is 2.86 bits per heavy atom. The minimum atomic E-state index is 0. The van der Waals surface area contributed by atoms with Crippen LogP contribution in [0.2, 0.25) is 0 Å². The molecule has 14 heavy (non-hydrogen) atoms. The molecule has 1 aromatic carbocycles. The fourth-order valence-electron chi connectivity index (χ4n) is 1.89. The molecule has 0 N–H and O–H groups in total. The Morgan fingerprint density at radius 1 is 1.29 bits per heavy atom. The van der Waals surface area contributed by atoms with Crippen LogP contribution >= 0.6 is 0 Å². The van der Waals surface area contributed by atoms with E-state index in [1.807, 2.05) is 0 Å². The van der Waals surface area contributed by atoms with Crippen molar-refractivity contribution in [2.45, 2.75) is 32.1 Å². The fourth-order valence-corrected chi connectivity index (χ4v) is 1.89. The maximum atomic E-state index is 3.43. The zero-order chi connectivity index (χ0) is 9.10. The van der Waals surface area contributed by atoms with Crippen LogP contribution in [0, 0.1) is 6.08 Å². The van der Waals surface area contributed by atoms with Gasteiger partial charge in [-0.25, -0.2) is 6.08 Å². The summed E-state index contributed by atoms with van der Waals surface area (Å²) in [6, 6.07) is 8.62. The number of allylic oxidation sites excluding steroid dienone is 1. The molecule has 2 rings (SSSR count). The van der Waals surface area contributed by atoms with Crippen molar-refractivity contribution < 1.29 is 29.6 Å². The van der Waals surface area contributed by atoms with Gasteiger partial charge in [0.2, 0.25) is 0 Å². The maximum absolute atomic E-state index is 3.43. The summed E-state index contributed by atoms with van der Waals surface area (Å²) >= 11 is 0. The molecule has 0 radical (unpaired) electrons. The summed E-state index contributed by atoms with van der Waals surface area (Å²) in [5, 5.41) is 0. The average Bonchev–Trinajstić information content (AvgIpc) is 2.58. The van der Waals surface area contributed by atoms with Crippen LogP contribution in [0.5, 0.6) is 0 Å². The van der Waals surface area contributed by atoms with Crippen LogP contribution in [-0.4, -0.2) is 0 Å². The zero-order valence-electron chi connectivity index (χ0n) is 9.09. The molecule has 0 bridgehead atoms. The Morgan fingerprint density at radius 2 is 2.07 bits per heavy atom. The molecular formula is C13H15Na. The molecule has 1 atom stereocenters. The summed E-state index contributed by atoms with van der Waals surface area (Å²) in [6.45, 7) is 2.24. The van der Waals surface area contributed by atoms with Crippen molar-refractivity contribution in [2.75, 3.05) is 0 Å². The minimum absolute atomic E-state index is 0. The van der Waals surface area contributed by atoms with Gasteiger partial charge in [0.1, 0.15) is 0 Å². The molecule has 1 aliphatic carbocycles. The molecule has 1 unspecified atom stereocenters. The van der Waals surface area contributed by atoms with Gasteiger partial charge in [-0.3, -0.25) is 6.08 Å². The first-order chi connectivity index (χ1) is 6.42. The van der Waals surface area contributed by atoms with Gasteiger partial charge in [0.05, 0.1) is 0 Å². The van der Waals surface area contributed by atoms with Gasteiger partial charge in [-0.15, -0.1) is 11.6 Å². The van der Waals surface area contributed by atoms with Crippen molar-refractivity contribution in [3.63, 3.8) is 0 Å². The molecule has 1 aromatic rings. The molecule has 0 nitrogen and oxygen atoms in total. The monoisotopic (exact) mass is 194 g/mol. The second kappa shape index (κ2) is 5.75. The normalized spacial score (nSPS) is 17.6. The summed E-state index contributed by atoms with van der Waals surface area (Å²) < 4.78 is 0. The first kappa shape index (κ1) is 12.0. The summed E-state index contributed by atoms with van der Waals surface area (Å²) in [5.74, 6) is 0.566. The molecule has 0 aliphatic heterocycles. The average molecular weight is 194 g/mol. The van der Waals surface area contributed by atoms with E-state index < -0.39 is 0 Å². The molecule has 0 saturated heterocycles. The largest absolute Gasteiger partial charge is 1.00 e. The standard InChI is InChI=1S/C13H15.Na/c1-2-3-6-11-9-10-12-7-4-5-8-13(11)12;/h4-5,7-8,10-11H,2-3,6H2,1H3;/q-1;+1. The van der Waals surface area contributed by atoms with Gasteiger partial charge in [0.25, 0.3) is 0 Å². The molecule has 0 fully saturated rings. The zero-order valence-corrected chi connectivity index (χ0v) is 11.1. The summed E-state index contributed by atoms with van der Waals surface area (Å²) in [4.78, 5) is 0. The van der Waals surface area contributed by atoms with Crippen molar-refractivity contribution >= 4 is 6.08 Å². The van der Waals surface area contributed by atoms with E-state index in [9.17, 15) is 0 Å². The van der Waals surface area contributed by atoms with E-state index in [-0.39, 0.29) is 29.6 Å². The molecule has 68 valence electrons. The molecule has 0 heterocycles. The first-order valence-electron chi connectivity index (χ1n) is 5.10. The van der Waals surface area contributed by atoms with Gasteiger partial charge in [-0.2, -0.15) is 5.56 Å². The number of unbranched alkanes of at least 4 members (excludes halogenated alkanes) is 1. The summed E-state index contributed by atoms with van der Waals surface area (Å²) in [7, 11) is 0. The van der Waals surface area contributed by atoms with E-state index in [1.54, 1.807) is 0 Å². The van der Waals surface area contributed by atoms with Gasteiger partial charge in [-0.1, -0.05) is 50.3 Å². The molecule has 1 aliphatic rings. The number of hydrogen-bond acceptors (Lipinski definition) is 0. The third kappa shape index (κ3) is 2.50. The SMILES string of the molecule is CCCCC1[C-]=Cc2ccccc21.[Na+]. The Hall–Kier alpha value is -0.0400. The van der Waals surface area contributed by atoms with Gasteiger partial charge in [-0.05, 0) is 0 Å². The van der Waals surface area contributed by atoms with E-state index >= 15 is 0 Å². The molecule has 0 amide bonds. The van der Waals surface area contributed by atoms with Crippen LogP contribution in [0.3, 0.4) is 0 Å². The predicted molar refractivity (Wildman–Crippen MR) is 56.4 cm³/mol. The number of fused-ring (bicyclic) bond motifs is 1. The van der Waals surface area contributed by atoms with Crippen LogP contribution in [-0.2, 0) is 0 Å². The van der Waals surface area contributed by atoms with E-state index in [0.717, 1.165) is 0 Å². The number of hydrogen-bond donors (Lipinski definition) is 0. The quantitative estimate of drug-likeness (QED) is 0.493. The van der Waals surface area contributed by atoms with E-state index in [1.165, 1.54) is 30.4 Å². The topological polar surface area (TPSA) is 0 Å². The van der Waals surface area contributed by atoms with E-state index in [0.29, 0.717) is 5.92 Å². The fraction of sp³-hybridized carbons (Fsp3) is 0.385. The van der Waals surface area contributed by atoms with Crippen molar-refractivity contribution in [1.29, 1.82) is 0 Å². The Kier molecular flexibility index (Phi) is 4.94. The van der Waals surface area contributed by atoms with Gasteiger partial charge < -0.3 is 0 Å². The van der Waals surface area contributed by atoms with Crippen LogP contribution in [0.4, 0.5) is 0 Å². The molecular weight excluding hydrogens is 179 g/mol. The van der Waals surface area contributed by atoms with E-state index in [4.69, 9.17) is 0 Å². The molecule has 0 spiro atoms. The van der Waals surface area contributed by atoms with Crippen molar-refractivity contribution in [2.24, 2.45) is 0 Å². The molecule has 0 aromatic heterocycles. The Labute approximate surface area is 109 Å². The predicted octanol–water partition coefficient (Wildman–Crippen LogP) is 0.794. The molecule has 0 saturated carbocycles. The number of rotatable bonds is 3. The maximum Gasteiger partial charge on any atom is 1.00 e. The van der Waals surface area contributed by atoms with Crippen LogP contribution < -0.4 is 29.6 Å². The Bertz CT molecular complexity index is 315. The third-order valence-corrected chi connectivity index (χ3v) is 2.66. The Balaban J connectivity index is 0.000000980. The smallest absolute Gasteiger partial charge is 0.268 e. The first-order valence-corrected chi connectivity index (χ1v) is 5.10. The molecule has 1 heteroatoms. The van der Waals surface area contributed by atoms with Crippen molar-refractivity contribution in [3.05, 3.63) is 41.5 Å². The summed E-state index contributed by atoms with van der Waals surface area (Å²) in [6.07, 6.45) is 9.40. The summed E-state index contributed by atoms with van der Waals surface area (Å²) in [5.41, 5.74) is 2.83. The minimum Gasteiger partial charge on any atom is -0.268 e. The third-order valence-electron chi connectivity index (χ3n) is 2.66. The second-order valence-electron chi connectivity index (χ2n) is 3.63. The van der Waals surface area contributed by atoms with Crippen LogP contribution in [0.25, 0.3) is 6.08 Å². The van der Waals surface area contributed by atoms with Gasteiger partial charge in [0, 0.05) is 0 Å². The van der Waals surface area contributed by atoms with Crippen LogP contribution in [0.1, 0.15) is 43.2 Å². The van der Waals surface area contributed by atoms with Gasteiger partial charge in [0.15, 0.2) is 0 Å². The van der Waals surface area contributed by atoms with Crippen molar-refractivity contribution in [1.82, 2.24) is 0 Å². The van der Waals surface area contributed by atoms with Crippen LogP contribution in [0.15, 0.2) is 24.3 Å². The second-order valence-corrected chi connectivity index (χ2v) is 3.63.